The van der Waals surface area contributed by atoms with E-state index in [1.807, 2.05) is 6.07 Å². The van der Waals surface area contributed by atoms with Crippen molar-refractivity contribution in [3.05, 3.63) is 46.0 Å². The highest BCUT2D eigenvalue weighted by molar-refractivity contribution is 7.17. The Bertz CT molecular complexity index is 724. The molecule has 1 N–H and O–H groups in total. The molecule has 6 heteroatoms. The number of amides is 1. The quantitative estimate of drug-likeness (QED) is 0.880. The van der Waals surface area contributed by atoms with Crippen molar-refractivity contribution >= 4 is 28.3 Å². The van der Waals surface area contributed by atoms with Crippen molar-refractivity contribution in [1.82, 2.24) is 4.98 Å². The summed E-state index contributed by atoms with van der Waals surface area (Å²) in [5, 5.41) is 3.13. The number of nitrogens with zero attached hydrogens (tertiary/aromatic N) is 1. The third-order valence-corrected chi connectivity index (χ3v) is 4.56. The molecule has 0 saturated carbocycles. The highest BCUT2D eigenvalue weighted by Gasteiger charge is 2.14. The second kappa shape index (κ2) is 6.27. The number of hydrogen-bond acceptors (Lipinski definition) is 5. The van der Waals surface area contributed by atoms with E-state index >= 15 is 0 Å². The minimum Gasteiger partial charge on any atom is -0.465 e. The summed E-state index contributed by atoms with van der Waals surface area (Å²) >= 11 is 1.11. The van der Waals surface area contributed by atoms with Crippen molar-refractivity contribution in [1.29, 1.82) is 0 Å². The molecule has 22 heavy (non-hydrogen) atoms. The van der Waals surface area contributed by atoms with Gasteiger partial charge in [-0.15, -0.1) is 0 Å². The van der Waals surface area contributed by atoms with Crippen molar-refractivity contribution in [3.63, 3.8) is 0 Å². The van der Waals surface area contributed by atoms with Gasteiger partial charge >= 0.3 is 5.97 Å². The lowest BCUT2D eigenvalue weighted by Crippen LogP contribution is -2.14. The first-order valence-corrected chi connectivity index (χ1v) is 7.92. The fraction of sp³-hybridized carbons (Fsp3) is 0.312. The predicted molar refractivity (Wildman–Crippen MR) is 84.3 cm³/mol. The fourth-order valence-electron chi connectivity index (χ4n) is 2.61. The Balaban J connectivity index is 1.63. The van der Waals surface area contributed by atoms with E-state index in [4.69, 9.17) is 0 Å². The average Bonchev–Trinajstić information content (AvgIpc) is 3.14. The Morgan fingerprint density at radius 1 is 1.32 bits per heavy atom. The Kier molecular flexibility index (Phi) is 4.20. The molecule has 1 aliphatic carbocycles. The summed E-state index contributed by atoms with van der Waals surface area (Å²) in [5.74, 6) is -0.583. The number of nitrogens with one attached hydrogen (secondary N) is 1. The first-order valence-electron chi connectivity index (χ1n) is 7.10. The van der Waals surface area contributed by atoms with Crippen LogP contribution in [0.4, 0.5) is 5.13 Å². The molecule has 114 valence electrons. The van der Waals surface area contributed by atoms with Crippen LogP contribution in [0.5, 0.6) is 0 Å². The Labute approximate surface area is 132 Å². The molecule has 0 saturated heterocycles. The molecule has 0 bridgehead atoms. The van der Waals surface area contributed by atoms with Crippen molar-refractivity contribution in [2.45, 2.75) is 25.7 Å². The van der Waals surface area contributed by atoms with E-state index in [9.17, 15) is 9.59 Å². The minimum atomic E-state index is -0.448. The molecule has 5 nitrogen and oxygen atoms in total. The van der Waals surface area contributed by atoms with Gasteiger partial charge in [0.05, 0.1) is 19.7 Å². The van der Waals surface area contributed by atoms with E-state index in [0.29, 0.717) is 16.4 Å². The van der Waals surface area contributed by atoms with Crippen LogP contribution < -0.4 is 5.32 Å². The number of fused-ring (bicyclic) bond motifs is 1. The molecule has 1 aromatic heterocycles. The number of esters is 1. The maximum Gasteiger partial charge on any atom is 0.349 e. The highest BCUT2D eigenvalue weighted by Crippen LogP contribution is 2.23. The topological polar surface area (TPSA) is 68.3 Å². The number of thiazole rings is 1. The second-order valence-electron chi connectivity index (χ2n) is 5.20. The van der Waals surface area contributed by atoms with E-state index in [2.05, 4.69) is 27.2 Å². The molecular weight excluding hydrogens is 300 g/mol. The largest absolute Gasteiger partial charge is 0.465 e. The van der Waals surface area contributed by atoms with Gasteiger partial charge in [0.25, 0.3) is 0 Å². The van der Waals surface area contributed by atoms with Crippen LogP contribution >= 0.6 is 11.3 Å². The molecule has 1 aromatic carbocycles. The highest BCUT2D eigenvalue weighted by atomic mass is 32.1. The van der Waals surface area contributed by atoms with Crippen molar-refractivity contribution in [2.24, 2.45) is 0 Å². The van der Waals surface area contributed by atoms with Gasteiger partial charge in [-0.1, -0.05) is 29.5 Å². The molecule has 1 amide bonds. The van der Waals surface area contributed by atoms with Gasteiger partial charge in [-0.05, 0) is 36.0 Å². The normalized spacial score (nSPS) is 12.8. The number of aryl methyl sites for hydroxylation is 2. The number of carbonyl (C=O) groups is 2. The lowest BCUT2D eigenvalue weighted by molar-refractivity contribution is -0.115. The van der Waals surface area contributed by atoms with E-state index in [-0.39, 0.29) is 5.91 Å². The van der Waals surface area contributed by atoms with Crippen LogP contribution in [0.1, 0.15) is 32.8 Å². The molecule has 2 aromatic rings. The van der Waals surface area contributed by atoms with E-state index < -0.39 is 5.97 Å². The molecule has 0 spiro atoms. The summed E-state index contributed by atoms with van der Waals surface area (Å²) < 4.78 is 4.61. The number of ether oxygens (including phenoxy) is 1. The number of hydrogen-bond donors (Lipinski definition) is 1. The monoisotopic (exact) mass is 316 g/mol. The smallest absolute Gasteiger partial charge is 0.349 e. The maximum atomic E-state index is 12.1. The molecule has 0 atom stereocenters. The number of anilines is 1. The molecule has 0 fully saturated rings. The van der Waals surface area contributed by atoms with Crippen molar-refractivity contribution in [3.8, 4) is 0 Å². The van der Waals surface area contributed by atoms with Crippen molar-refractivity contribution < 1.29 is 14.3 Å². The number of rotatable bonds is 4. The Hall–Kier alpha value is -2.21. The summed E-state index contributed by atoms with van der Waals surface area (Å²) in [4.78, 5) is 27.8. The number of methoxy groups -OCH3 is 1. The first kappa shape index (κ1) is 14.7. The predicted octanol–water partition coefficient (Wildman–Crippen LogP) is 2.60. The van der Waals surface area contributed by atoms with Crippen molar-refractivity contribution in [2.75, 3.05) is 12.4 Å². The lowest BCUT2D eigenvalue weighted by atomic mass is 10.0. The summed E-state index contributed by atoms with van der Waals surface area (Å²) in [6, 6.07) is 6.23. The van der Waals surface area contributed by atoms with Crippen LogP contribution in [0.3, 0.4) is 0 Å². The van der Waals surface area contributed by atoms with Gasteiger partial charge in [0, 0.05) is 0 Å². The lowest BCUT2D eigenvalue weighted by Gasteiger charge is -2.05. The summed E-state index contributed by atoms with van der Waals surface area (Å²) in [6.07, 6.45) is 5.14. The summed E-state index contributed by atoms with van der Waals surface area (Å²) in [7, 11) is 1.31. The average molecular weight is 316 g/mol. The van der Waals surface area contributed by atoms with Gasteiger partial charge < -0.3 is 10.1 Å². The van der Waals surface area contributed by atoms with Gasteiger partial charge in [0.2, 0.25) is 5.91 Å². The fourth-order valence-corrected chi connectivity index (χ4v) is 3.36. The molecule has 1 aliphatic rings. The van der Waals surface area contributed by atoms with Gasteiger partial charge in [-0.3, -0.25) is 4.79 Å². The summed E-state index contributed by atoms with van der Waals surface area (Å²) in [6.45, 7) is 0. The number of carbonyl (C=O) groups excluding carboxylic acids is 2. The third kappa shape index (κ3) is 3.17. The van der Waals surface area contributed by atoms with Crippen LogP contribution in [0, 0.1) is 0 Å². The van der Waals surface area contributed by atoms with Gasteiger partial charge in [-0.2, -0.15) is 0 Å². The van der Waals surface area contributed by atoms with Gasteiger partial charge in [-0.25, -0.2) is 9.78 Å². The number of benzene rings is 1. The third-order valence-electron chi connectivity index (χ3n) is 3.67. The van der Waals surface area contributed by atoms with Gasteiger partial charge in [0.1, 0.15) is 4.88 Å². The van der Waals surface area contributed by atoms with Crippen LogP contribution in [0.2, 0.25) is 0 Å². The Morgan fingerprint density at radius 2 is 2.14 bits per heavy atom. The summed E-state index contributed by atoms with van der Waals surface area (Å²) in [5.41, 5.74) is 3.75. The number of aromatic nitrogens is 1. The van der Waals surface area contributed by atoms with Gasteiger partial charge in [0.15, 0.2) is 5.13 Å². The first-order chi connectivity index (χ1) is 10.7. The second-order valence-corrected chi connectivity index (χ2v) is 6.23. The zero-order valence-corrected chi connectivity index (χ0v) is 13.0. The molecular formula is C16H16N2O3S. The van der Waals surface area contributed by atoms with Crippen LogP contribution in [-0.2, 0) is 28.8 Å². The molecule has 0 radical (unpaired) electrons. The molecule has 1 heterocycles. The van der Waals surface area contributed by atoms with Crippen LogP contribution in [0.25, 0.3) is 0 Å². The van der Waals surface area contributed by atoms with E-state index in [0.717, 1.165) is 29.7 Å². The standard InChI is InChI=1S/C16H16N2O3S/c1-21-15(20)13-9-17-16(22-13)18-14(19)8-10-5-6-11-3-2-4-12(11)7-10/h5-7,9H,2-4,8H2,1H3,(H,17,18,19). The van der Waals surface area contributed by atoms with E-state index in [1.54, 1.807) is 0 Å². The maximum absolute atomic E-state index is 12.1. The molecule has 0 unspecified atom stereocenters. The Morgan fingerprint density at radius 3 is 2.95 bits per heavy atom. The zero-order chi connectivity index (χ0) is 15.5. The van der Waals surface area contributed by atoms with E-state index in [1.165, 1.54) is 30.9 Å². The molecule has 3 rings (SSSR count). The van der Waals surface area contributed by atoms with Crippen LogP contribution in [-0.4, -0.2) is 24.0 Å². The van der Waals surface area contributed by atoms with Crippen LogP contribution in [0.15, 0.2) is 24.4 Å². The zero-order valence-electron chi connectivity index (χ0n) is 12.2. The molecule has 0 aliphatic heterocycles. The SMILES string of the molecule is COC(=O)c1cnc(NC(=O)Cc2ccc3c(c2)CCC3)s1. The minimum absolute atomic E-state index is 0.135.